The van der Waals surface area contributed by atoms with Crippen LogP contribution in [0.5, 0.6) is 17.2 Å². The van der Waals surface area contributed by atoms with Gasteiger partial charge in [-0.25, -0.2) is 19.0 Å². The van der Waals surface area contributed by atoms with Gasteiger partial charge in [-0.3, -0.25) is 24.1 Å². The number of oxime groups is 1. The third-order valence-electron chi connectivity index (χ3n) is 13.3. The number of benzene rings is 7. The molecule has 0 bridgehead atoms. The van der Waals surface area contributed by atoms with Gasteiger partial charge in [-0.15, -0.1) is 23.1 Å². The summed E-state index contributed by atoms with van der Waals surface area (Å²) in [5.41, 5.74) is 1.97. The molecule has 2 aliphatic rings. The standard InChI is InChI=1S/C63H50FN5O12S2/c1-38(70)78-50-33-28-42(34-51(50)79-39(2)71)56(61(76)80-55(40-18-8-3-9-19-40)41-20-10-4-11-21-41)81-68-52(57(72)66-53-58(73)69-54(60(74)75)43(36-82-59(53)69)35-77-48-31-29-47(64)30-32-48)49-37-83-62(65-49)67-63(44-22-12-5-13-23-44,45-24-14-6-15-25-45)46-26-16-7-17-27-46/h3-34,37,53,55-56,59H,35-36H2,1-2H3,(H,65,67)(H,66,72)(H,74,75)/b68-52-/t53-,56?,59-/m1/s1. The Balaban J connectivity index is 1.05. The van der Waals surface area contributed by atoms with Crippen LogP contribution in [0.1, 0.15) is 65.1 Å². The highest BCUT2D eigenvalue weighted by atomic mass is 32.2. The van der Waals surface area contributed by atoms with Crippen LogP contribution >= 0.6 is 23.1 Å². The lowest BCUT2D eigenvalue weighted by Crippen LogP contribution is -2.71. The summed E-state index contributed by atoms with van der Waals surface area (Å²) < 4.78 is 36.5. The summed E-state index contributed by atoms with van der Waals surface area (Å²) in [5, 5.41) is 22.2. The van der Waals surface area contributed by atoms with E-state index in [0.717, 1.165) is 46.8 Å². The van der Waals surface area contributed by atoms with E-state index in [0.29, 0.717) is 16.3 Å². The van der Waals surface area contributed by atoms with Gasteiger partial charge in [0.25, 0.3) is 11.8 Å². The van der Waals surface area contributed by atoms with E-state index in [1.807, 2.05) is 91.0 Å². The number of aromatic nitrogens is 1. The molecule has 3 atom stereocenters. The highest BCUT2D eigenvalue weighted by molar-refractivity contribution is 8.00. The number of esters is 3. The van der Waals surface area contributed by atoms with Crippen LogP contribution < -0.4 is 24.8 Å². The molecule has 2 aliphatic heterocycles. The number of carboxylic acids is 1. The Bertz CT molecular complexity index is 3610. The SMILES string of the molecule is CC(=O)Oc1ccc(C(O/N=C(\C(=O)N[C@@H]2C(=O)N3C(C(=O)O)=C(COc4ccc(F)cc4)CS[C@H]23)c2csc(NC(c3ccccc3)(c3ccccc3)c3ccccc3)n2)C(=O)OC(c2ccccc2)c2ccccc2)cc1OC(C)=O. The molecule has 0 spiro atoms. The molecule has 10 rings (SSSR count). The first-order valence-corrected chi connectivity index (χ1v) is 27.7. The number of nitrogens with one attached hydrogen (secondary N) is 2. The minimum Gasteiger partial charge on any atom is -0.489 e. The number of rotatable bonds is 21. The molecule has 3 heterocycles. The number of halogens is 1. The van der Waals surface area contributed by atoms with Crippen LogP contribution in [-0.4, -0.2) is 80.2 Å². The van der Waals surface area contributed by atoms with Gasteiger partial charge in [0.2, 0.25) is 6.10 Å². The van der Waals surface area contributed by atoms with Gasteiger partial charge in [0.15, 0.2) is 28.4 Å². The van der Waals surface area contributed by atoms with Crippen molar-refractivity contribution in [2.45, 2.75) is 43.0 Å². The highest BCUT2D eigenvalue weighted by Crippen LogP contribution is 2.43. The first kappa shape index (κ1) is 56.4. The first-order valence-electron chi connectivity index (χ1n) is 25.8. The molecule has 0 radical (unpaired) electrons. The molecule has 1 saturated heterocycles. The van der Waals surface area contributed by atoms with Crippen molar-refractivity contribution >= 4 is 69.6 Å². The number of carbonyl (C=O) groups is 6. The van der Waals surface area contributed by atoms with Crippen LogP contribution in [0.3, 0.4) is 0 Å². The average molecular weight is 1150 g/mol. The number of nitrogens with zero attached hydrogens (tertiary/aromatic N) is 3. The largest absolute Gasteiger partial charge is 0.489 e. The second-order valence-corrected chi connectivity index (χ2v) is 20.8. The van der Waals surface area contributed by atoms with Crippen molar-refractivity contribution in [1.29, 1.82) is 0 Å². The number of aliphatic carboxylic acids is 1. The molecule has 83 heavy (non-hydrogen) atoms. The van der Waals surface area contributed by atoms with Crippen LogP contribution in [-0.2, 0) is 43.9 Å². The number of anilines is 1. The molecular weight excluding hydrogens is 1100 g/mol. The van der Waals surface area contributed by atoms with Crippen LogP contribution in [0.4, 0.5) is 9.52 Å². The zero-order valence-electron chi connectivity index (χ0n) is 44.3. The fourth-order valence-corrected chi connectivity index (χ4v) is 11.6. The van der Waals surface area contributed by atoms with E-state index in [4.69, 9.17) is 28.8 Å². The number of thiazole rings is 1. The molecule has 20 heteroatoms. The van der Waals surface area contributed by atoms with Crippen molar-refractivity contribution in [3.8, 4) is 17.2 Å². The second-order valence-electron chi connectivity index (χ2n) is 18.8. The molecule has 3 N–H and O–H groups in total. The molecule has 0 aliphatic carbocycles. The predicted octanol–water partition coefficient (Wildman–Crippen LogP) is 10.1. The van der Waals surface area contributed by atoms with Gasteiger partial charge in [-0.1, -0.05) is 163 Å². The summed E-state index contributed by atoms with van der Waals surface area (Å²) in [7, 11) is 0. The monoisotopic (exact) mass is 1150 g/mol. The van der Waals surface area contributed by atoms with Crippen LogP contribution in [0.2, 0.25) is 0 Å². The number of ether oxygens (including phenoxy) is 4. The van der Waals surface area contributed by atoms with Crippen molar-refractivity contribution in [1.82, 2.24) is 15.2 Å². The van der Waals surface area contributed by atoms with Crippen LogP contribution in [0.25, 0.3) is 0 Å². The summed E-state index contributed by atoms with van der Waals surface area (Å²) in [6, 6.07) is 54.7. The summed E-state index contributed by atoms with van der Waals surface area (Å²) in [5.74, 6) is -6.26. The van der Waals surface area contributed by atoms with E-state index in [-0.39, 0.29) is 52.1 Å². The molecule has 1 fully saturated rings. The minimum atomic E-state index is -1.86. The normalized spacial score (nSPS) is 15.3. The first-order chi connectivity index (χ1) is 40.3. The quantitative estimate of drug-likeness (QED) is 0.0152. The Labute approximate surface area is 483 Å². The lowest BCUT2D eigenvalue weighted by atomic mass is 9.77. The highest BCUT2D eigenvalue weighted by Gasteiger charge is 2.54. The van der Waals surface area contributed by atoms with Crippen molar-refractivity contribution in [3.63, 3.8) is 0 Å². The van der Waals surface area contributed by atoms with Crippen molar-refractivity contribution in [2.75, 3.05) is 17.7 Å². The number of carbonyl (C=O) groups excluding carboxylic acids is 5. The molecule has 1 aromatic heterocycles. The molecule has 0 saturated carbocycles. The lowest BCUT2D eigenvalue weighted by Gasteiger charge is -2.49. The van der Waals surface area contributed by atoms with Crippen molar-refractivity contribution in [3.05, 3.63) is 256 Å². The van der Waals surface area contributed by atoms with E-state index >= 15 is 9.59 Å². The zero-order chi connectivity index (χ0) is 58.0. The van der Waals surface area contributed by atoms with E-state index in [1.54, 1.807) is 66.0 Å². The van der Waals surface area contributed by atoms with Crippen molar-refractivity contribution < 1.29 is 62.0 Å². The minimum absolute atomic E-state index is 0.0276. The number of hydrogen-bond donors (Lipinski definition) is 3. The maximum atomic E-state index is 15.1. The number of β-lactam (4-membered cyclic amide) rings is 1. The summed E-state index contributed by atoms with van der Waals surface area (Å²) in [4.78, 5) is 94.1. The fraction of sp³-hybridized carbons (Fsp3) is 0.143. The van der Waals surface area contributed by atoms with Gasteiger partial charge in [0.1, 0.15) is 46.5 Å². The van der Waals surface area contributed by atoms with Crippen LogP contribution in [0, 0.1) is 5.82 Å². The molecule has 418 valence electrons. The summed E-state index contributed by atoms with van der Waals surface area (Å²) in [6.45, 7) is 2.06. The van der Waals surface area contributed by atoms with Gasteiger partial charge in [0, 0.05) is 36.1 Å². The van der Waals surface area contributed by atoms with Gasteiger partial charge < -0.3 is 39.5 Å². The van der Waals surface area contributed by atoms with Crippen molar-refractivity contribution in [2.24, 2.45) is 5.16 Å². The van der Waals surface area contributed by atoms with Gasteiger partial charge in [-0.2, -0.15) is 0 Å². The van der Waals surface area contributed by atoms with E-state index in [2.05, 4.69) is 15.8 Å². The smallest absolute Gasteiger partial charge is 0.355 e. The number of fused-ring (bicyclic) bond motifs is 1. The predicted molar refractivity (Wildman–Crippen MR) is 307 cm³/mol. The van der Waals surface area contributed by atoms with Crippen LogP contribution in [0.15, 0.2) is 216 Å². The Hall–Kier alpha value is -9.92. The Kier molecular flexibility index (Phi) is 17.1. The molecule has 2 amide bonds. The molecule has 8 aromatic rings. The number of hydrogen-bond acceptors (Lipinski definition) is 16. The fourth-order valence-electron chi connectivity index (χ4n) is 9.56. The second kappa shape index (κ2) is 25.3. The topological polar surface area (TPSA) is 221 Å². The van der Waals surface area contributed by atoms with Gasteiger partial charge in [0.05, 0.1) is 0 Å². The third-order valence-corrected chi connectivity index (χ3v) is 15.4. The Morgan fingerprint density at radius 3 is 1.81 bits per heavy atom. The Morgan fingerprint density at radius 2 is 1.27 bits per heavy atom. The molecule has 7 aromatic carbocycles. The van der Waals surface area contributed by atoms with Gasteiger partial charge in [-0.05, 0) is 64.2 Å². The zero-order valence-corrected chi connectivity index (χ0v) is 45.9. The lowest BCUT2D eigenvalue weighted by molar-refractivity contribution is -0.162. The molecule has 17 nitrogen and oxygen atoms in total. The molecule has 1 unspecified atom stereocenters. The third kappa shape index (κ3) is 12.5. The van der Waals surface area contributed by atoms with E-state index in [1.165, 1.54) is 54.2 Å². The maximum Gasteiger partial charge on any atom is 0.355 e. The average Bonchev–Trinajstić information content (AvgIpc) is 2.37. The maximum absolute atomic E-state index is 15.1. The Morgan fingerprint density at radius 1 is 0.723 bits per heavy atom. The molecular formula is C63H50FN5O12S2. The summed E-state index contributed by atoms with van der Waals surface area (Å²) in [6.07, 6.45) is -2.87. The van der Waals surface area contributed by atoms with E-state index in [9.17, 15) is 28.7 Å². The summed E-state index contributed by atoms with van der Waals surface area (Å²) >= 11 is 2.31. The number of amides is 2. The van der Waals surface area contributed by atoms with E-state index < -0.39 is 76.4 Å². The number of thioether (sulfide) groups is 1. The van der Waals surface area contributed by atoms with Gasteiger partial charge >= 0.3 is 23.9 Å². The number of carboxylic acid groups (broad SMARTS) is 1.